The Morgan fingerprint density at radius 2 is 2.16 bits per heavy atom. The van der Waals surface area contributed by atoms with Gasteiger partial charge in [-0.2, -0.15) is 4.98 Å². The fourth-order valence-corrected chi connectivity index (χ4v) is 2.13. The van der Waals surface area contributed by atoms with E-state index in [1.807, 2.05) is 0 Å². The third-order valence-corrected chi connectivity index (χ3v) is 3.27. The Bertz CT molecular complexity index is 571. The van der Waals surface area contributed by atoms with Gasteiger partial charge < -0.3 is 10.3 Å². The first kappa shape index (κ1) is 14.1. The molecule has 0 saturated heterocycles. The second-order valence-electron chi connectivity index (χ2n) is 4.82. The highest BCUT2D eigenvalue weighted by Gasteiger charge is 2.17. The number of aromatic nitrogens is 2. The molecule has 0 fully saturated rings. The summed E-state index contributed by atoms with van der Waals surface area (Å²) in [7, 11) is 0. The highest BCUT2D eigenvalue weighted by Crippen LogP contribution is 2.25. The average Bonchev–Trinajstić information content (AvgIpc) is 2.81. The lowest BCUT2D eigenvalue weighted by Gasteiger charge is -2.08. The zero-order chi connectivity index (χ0) is 14.0. The van der Waals surface area contributed by atoms with Gasteiger partial charge in [-0.25, -0.2) is 4.39 Å². The Labute approximate surface area is 119 Å². The van der Waals surface area contributed by atoms with Crippen LogP contribution >= 0.6 is 15.9 Å². The molecular weight excluding hydrogens is 313 g/mol. The molecule has 2 rings (SSSR count). The van der Waals surface area contributed by atoms with E-state index in [-0.39, 0.29) is 11.9 Å². The number of nitrogens with zero attached hydrogens (tertiary/aromatic N) is 2. The molecule has 1 heterocycles. The Balaban J connectivity index is 2.22. The molecule has 0 bridgehead atoms. The van der Waals surface area contributed by atoms with E-state index in [2.05, 4.69) is 39.9 Å². The SMILES string of the molecule is CC(C)C[C@@H](N)c1nc(-c2ccc(F)c(Br)c2)no1. The van der Waals surface area contributed by atoms with E-state index in [0.29, 0.717) is 27.7 Å². The number of halogens is 2. The third kappa shape index (κ3) is 3.39. The third-order valence-electron chi connectivity index (χ3n) is 2.66. The van der Waals surface area contributed by atoms with Crippen LogP contribution in [0.1, 0.15) is 32.2 Å². The van der Waals surface area contributed by atoms with Crippen molar-refractivity contribution < 1.29 is 8.91 Å². The molecular formula is C13H15BrFN3O. The van der Waals surface area contributed by atoms with Crippen LogP contribution in [0.5, 0.6) is 0 Å². The number of hydrogen-bond acceptors (Lipinski definition) is 4. The quantitative estimate of drug-likeness (QED) is 0.930. The molecule has 0 aliphatic rings. The maximum absolute atomic E-state index is 13.2. The predicted octanol–water partition coefficient (Wildman–Crippen LogP) is 3.68. The maximum atomic E-state index is 13.2. The van der Waals surface area contributed by atoms with Crippen molar-refractivity contribution >= 4 is 15.9 Å². The summed E-state index contributed by atoms with van der Waals surface area (Å²) >= 11 is 3.13. The van der Waals surface area contributed by atoms with Gasteiger partial charge in [-0.1, -0.05) is 19.0 Å². The van der Waals surface area contributed by atoms with Gasteiger partial charge in [-0.3, -0.25) is 0 Å². The van der Waals surface area contributed by atoms with Crippen molar-refractivity contribution in [3.63, 3.8) is 0 Å². The van der Waals surface area contributed by atoms with Gasteiger partial charge >= 0.3 is 0 Å². The van der Waals surface area contributed by atoms with Gasteiger partial charge in [0.05, 0.1) is 10.5 Å². The lowest BCUT2D eigenvalue weighted by atomic mass is 10.0. The fourth-order valence-electron chi connectivity index (χ4n) is 1.75. The van der Waals surface area contributed by atoms with E-state index in [0.717, 1.165) is 6.42 Å². The minimum Gasteiger partial charge on any atom is -0.337 e. The van der Waals surface area contributed by atoms with Crippen molar-refractivity contribution in [3.8, 4) is 11.4 Å². The van der Waals surface area contributed by atoms with Gasteiger partial charge in [0.25, 0.3) is 0 Å². The second kappa shape index (κ2) is 5.79. The van der Waals surface area contributed by atoms with E-state index in [9.17, 15) is 4.39 Å². The molecule has 0 aliphatic carbocycles. The number of benzene rings is 1. The van der Waals surface area contributed by atoms with Crippen LogP contribution < -0.4 is 5.73 Å². The van der Waals surface area contributed by atoms with Crippen LogP contribution in [0.15, 0.2) is 27.2 Å². The summed E-state index contributed by atoms with van der Waals surface area (Å²) in [6.07, 6.45) is 0.773. The van der Waals surface area contributed by atoms with Gasteiger partial charge in [0.15, 0.2) is 0 Å². The topological polar surface area (TPSA) is 64.9 Å². The molecule has 1 aromatic heterocycles. The van der Waals surface area contributed by atoms with Crippen molar-refractivity contribution in [2.45, 2.75) is 26.3 Å². The zero-order valence-electron chi connectivity index (χ0n) is 10.7. The van der Waals surface area contributed by atoms with Crippen molar-refractivity contribution in [1.29, 1.82) is 0 Å². The molecule has 0 aliphatic heterocycles. The van der Waals surface area contributed by atoms with Crippen molar-refractivity contribution in [3.05, 3.63) is 34.4 Å². The molecule has 19 heavy (non-hydrogen) atoms. The van der Waals surface area contributed by atoms with E-state index >= 15 is 0 Å². The second-order valence-corrected chi connectivity index (χ2v) is 5.68. The molecule has 1 aromatic carbocycles. The normalized spacial score (nSPS) is 12.9. The van der Waals surface area contributed by atoms with Crippen molar-refractivity contribution in [2.24, 2.45) is 11.7 Å². The smallest absolute Gasteiger partial charge is 0.243 e. The van der Waals surface area contributed by atoms with Crippen molar-refractivity contribution in [2.75, 3.05) is 0 Å². The van der Waals surface area contributed by atoms with Gasteiger partial charge in [-0.15, -0.1) is 0 Å². The van der Waals surface area contributed by atoms with Gasteiger partial charge in [0.1, 0.15) is 5.82 Å². The average molecular weight is 328 g/mol. The Morgan fingerprint density at radius 3 is 2.79 bits per heavy atom. The molecule has 0 saturated carbocycles. The van der Waals surface area contributed by atoms with Crippen molar-refractivity contribution in [1.82, 2.24) is 10.1 Å². The maximum Gasteiger partial charge on any atom is 0.243 e. The summed E-state index contributed by atoms with van der Waals surface area (Å²) in [6, 6.07) is 4.29. The van der Waals surface area contributed by atoms with Crippen LogP contribution in [0.4, 0.5) is 4.39 Å². The Hall–Kier alpha value is -1.27. The first-order chi connectivity index (χ1) is 8.97. The van der Waals surface area contributed by atoms with Crippen LogP contribution in [0, 0.1) is 11.7 Å². The van der Waals surface area contributed by atoms with Crippen LogP contribution in [0.25, 0.3) is 11.4 Å². The first-order valence-corrected chi connectivity index (χ1v) is 6.81. The van der Waals surface area contributed by atoms with Gasteiger partial charge in [-0.05, 0) is 46.5 Å². The van der Waals surface area contributed by atoms with Crippen LogP contribution in [-0.4, -0.2) is 10.1 Å². The number of hydrogen-bond donors (Lipinski definition) is 1. The van der Waals surface area contributed by atoms with Gasteiger partial charge in [0.2, 0.25) is 11.7 Å². The molecule has 2 aromatic rings. The Morgan fingerprint density at radius 1 is 1.42 bits per heavy atom. The summed E-state index contributed by atoms with van der Waals surface area (Å²) < 4.78 is 18.7. The van der Waals surface area contributed by atoms with Crippen LogP contribution in [0.2, 0.25) is 0 Å². The summed E-state index contributed by atoms with van der Waals surface area (Å²) in [5, 5.41) is 3.88. The molecule has 1 atom stereocenters. The molecule has 102 valence electrons. The summed E-state index contributed by atoms with van der Waals surface area (Å²) in [4.78, 5) is 4.26. The monoisotopic (exact) mass is 327 g/mol. The predicted molar refractivity (Wildman–Crippen MR) is 73.8 cm³/mol. The lowest BCUT2D eigenvalue weighted by Crippen LogP contribution is -2.13. The highest BCUT2D eigenvalue weighted by atomic mass is 79.9. The van der Waals surface area contributed by atoms with E-state index in [1.165, 1.54) is 6.07 Å². The molecule has 2 N–H and O–H groups in total. The molecule has 0 amide bonds. The summed E-state index contributed by atoms with van der Waals surface area (Å²) in [5.74, 6) is 0.938. The minimum atomic E-state index is -0.330. The zero-order valence-corrected chi connectivity index (χ0v) is 12.3. The summed E-state index contributed by atoms with van der Waals surface area (Å²) in [6.45, 7) is 4.16. The van der Waals surface area contributed by atoms with Crippen LogP contribution in [-0.2, 0) is 0 Å². The highest BCUT2D eigenvalue weighted by molar-refractivity contribution is 9.10. The largest absolute Gasteiger partial charge is 0.337 e. The lowest BCUT2D eigenvalue weighted by molar-refractivity contribution is 0.335. The molecule has 0 spiro atoms. The van der Waals surface area contributed by atoms with Gasteiger partial charge in [0, 0.05) is 5.56 Å². The van der Waals surface area contributed by atoms with E-state index in [4.69, 9.17) is 10.3 Å². The van der Waals surface area contributed by atoms with Crippen LogP contribution in [0.3, 0.4) is 0 Å². The number of nitrogens with two attached hydrogens (primary N) is 1. The fraction of sp³-hybridized carbons (Fsp3) is 0.385. The Kier molecular flexibility index (Phi) is 4.31. The molecule has 6 heteroatoms. The molecule has 0 unspecified atom stereocenters. The molecule has 4 nitrogen and oxygen atoms in total. The van der Waals surface area contributed by atoms with E-state index in [1.54, 1.807) is 12.1 Å². The number of rotatable bonds is 4. The summed E-state index contributed by atoms with van der Waals surface area (Å²) in [5.41, 5.74) is 6.66. The minimum absolute atomic E-state index is 0.273. The first-order valence-electron chi connectivity index (χ1n) is 6.02. The standard InChI is InChI=1S/C13H15BrFN3O/c1-7(2)5-11(16)13-17-12(18-19-13)8-3-4-10(15)9(14)6-8/h3-4,6-7,11H,5,16H2,1-2H3/t11-/m1/s1. The van der Waals surface area contributed by atoms with E-state index < -0.39 is 0 Å². The molecule has 0 radical (unpaired) electrons.